The van der Waals surface area contributed by atoms with Crippen molar-refractivity contribution in [2.45, 2.75) is 6.36 Å². The SMILES string of the molecule is [C-]#[N+]c1cc(-c2cc(C(=O)O)ccn2)ccc1OC(F)(F)F. The van der Waals surface area contributed by atoms with Crippen molar-refractivity contribution < 1.29 is 27.8 Å². The molecule has 1 heterocycles. The fourth-order valence-corrected chi connectivity index (χ4v) is 1.70. The second-order valence-electron chi connectivity index (χ2n) is 4.08. The summed E-state index contributed by atoms with van der Waals surface area (Å²) in [5.74, 6) is -1.79. The molecular formula is C14H7F3N2O3. The number of hydrogen-bond donors (Lipinski definition) is 1. The zero-order valence-electron chi connectivity index (χ0n) is 10.8. The molecule has 1 N–H and O–H groups in total. The van der Waals surface area contributed by atoms with Gasteiger partial charge in [-0.25, -0.2) is 9.64 Å². The third-order valence-corrected chi connectivity index (χ3v) is 2.61. The van der Waals surface area contributed by atoms with Crippen LogP contribution in [0, 0.1) is 6.57 Å². The van der Waals surface area contributed by atoms with Crippen molar-refractivity contribution in [3.63, 3.8) is 0 Å². The Morgan fingerprint density at radius 3 is 2.59 bits per heavy atom. The molecule has 5 nitrogen and oxygen atoms in total. The van der Waals surface area contributed by atoms with Crippen LogP contribution in [0.2, 0.25) is 0 Å². The largest absolute Gasteiger partial charge is 0.571 e. The van der Waals surface area contributed by atoms with Gasteiger partial charge in [-0.3, -0.25) is 4.98 Å². The third kappa shape index (κ3) is 3.52. The van der Waals surface area contributed by atoms with E-state index in [2.05, 4.69) is 14.6 Å². The van der Waals surface area contributed by atoms with Crippen molar-refractivity contribution >= 4 is 11.7 Å². The van der Waals surface area contributed by atoms with Crippen molar-refractivity contribution in [2.24, 2.45) is 0 Å². The van der Waals surface area contributed by atoms with Crippen molar-refractivity contribution in [1.29, 1.82) is 0 Å². The van der Waals surface area contributed by atoms with Gasteiger partial charge in [-0.15, -0.1) is 13.2 Å². The molecule has 112 valence electrons. The standard InChI is InChI=1S/C14H7F3N2O3/c1-18-11-6-8(2-3-12(11)22-14(15,16)17)10-7-9(13(20)21)4-5-19-10/h2-7H,(H,20,21). The Balaban J connectivity index is 2.44. The molecule has 0 radical (unpaired) electrons. The highest BCUT2D eigenvalue weighted by atomic mass is 19.4. The number of halogens is 3. The molecule has 1 aromatic heterocycles. The minimum atomic E-state index is -4.90. The molecule has 0 saturated heterocycles. The number of ether oxygens (including phenoxy) is 1. The molecule has 0 unspecified atom stereocenters. The normalized spacial score (nSPS) is 10.8. The zero-order chi connectivity index (χ0) is 16.3. The van der Waals surface area contributed by atoms with E-state index in [1.54, 1.807) is 0 Å². The van der Waals surface area contributed by atoms with Crippen LogP contribution in [0.25, 0.3) is 16.1 Å². The highest BCUT2D eigenvalue weighted by Crippen LogP contribution is 2.35. The third-order valence-electron chi connectivity index (χ3n) is 2.61. The van der Waals surface area contributed by atoms with Gasteiger partial charge in [-0.05, 0) is 29.8 Å². The smallest absolute Gasteiger partial charge is 0.478 e. The Labute approximate surface area is 122 Å². The monoisotopic (exact) mass is 308 g/mol. The summed E-state index contributed by atoms with van der Waals surface area (Å²) in [4.78, 5) is 17.8. The molecule has 0 fully saturated rings. The number of hydrogen-bond acceptors (Lipinski definition) is 3. The summed E-state index contributed by atoms with van der Waals surface area (Å²) in [5, 5.41) is 8.91. The first-order valence-electron chi connectivity index (χ1n) is 5.77. The van der Waals surface area contributed by atoms with Crippen molar-refractivity contribution in [3.8, 4) is 17.0 Å². The van der Waals surface area contributed by atoms with Gasteiger partial charge in [0, 0.05) is 6.20 Å². The predicted octanol–water partition coefficient (Wildman–Crippen LogP) is 3.90. The molecule has 0 aliphatic rings. The molecule has 22 heavy (non-hydrogen) atoms. The Kier molecular flexibility index (Phi) is 3.99. The number of aromatic carboxylic acids is 1. The summed E-state index contributed by atoms with van der Waals surface area (Å²) >= 11 is 0. The molecule has 0 atom stereocenters. The van der Waals surface area contributed by atoms with Gasteiger partial charge in [0.15, 0.2) is 0 Å². The summed E-state index contributed by atoms with van der Waals surface area (Å²) in [6.07, 6.45) is -3.64. The van der Waals surface area contributed by atoms with Crippen LogP contribution in [0.5, 0.6) is 5.75 Å². The van der Waals surface area contributed by atoms with Gasteiger partial charge < -0.3 is 9.84 Å². The van der Waals surface area contributed by atoms with E-state index in [-0.39, 0.29) is 16.9 Å². The number of carboxylic acids is 1. The Hall–Kier alpha value is -3.08. The van der Waals surface area contributed by atoms with Gasteiger partial charge in [0.1, 0.15) is 5.75 Å². The molecule has 0 bridgehead atoms. The van der Waals surface area contributed by atoms with Gasteiger partial charge in [-0.2, -0.15) is 0 Å². The molecule has 0 amide bonds. The van der Waals surface area contributed by atoms with E-state index in [0.717, 1.165) is 12.1 Å². The average Bonchev–Trinajstić information content (AvgIpc) is 2.46. The number of rotatable bonds is 3. The first-order valence-corrected chi connectivity index (χ1v) is 5.77. The van der Waals surface area contributed by atoms with Crippen molar-refractivity contribution in [3.05, 3.63) is 53.5 Å². The molecule has 2 aromatic rings. The highest BCUT2D eigenvalue weighted by Gasteiger charge is 2.32. The molecule has 2 rings (SSSR count). The number of benzene rings is 1. The lowest BCUT2D eigenvalue weighted by Gasteiger charge is -2.11. The van der Waals surface area contributed by atoms with Gasteiger partial charge in [0.05, 0.1) is 17.8 Å². The summed E-state index contributed by atoms with van der Waals surface area (Å²) in [6, 6.07) is 5.95. The van der Waals surface area contributed by atoms with E-state index in [4.69, 9.17) is 11.7 Å². The Bertz CT molecular complexity index is 767. The fourth-order valence-electron chi connectivity index (χ4n) is 1.70. The van der Waals surface area contributed by atoms with Crippen LogP contribution in [-0.2, 0) is 0 Å². The van der Waals surface area contributed by atoms with Gasteiger partial charge in [-0.1, -0.05) is 6.07 Å². The summed E-state index contributed by atoms with van der Waals surface area (Å²) < 4.78 is 40.4. The number of carboxylic acid groups (broad SMARTS) is 1. The molecule has 0 spiro atoms. The summed E-state index contributed by atoms with van der Waals surface area (Å²) in [7, 11) is 0. The first kappa shape index (κ1) is 15.3. The van der Waals surface area contributed by atoms with Crippen LogP contribution in [0.1, 0.15) is 10.4 Å². The van der Waals surface area contributed by atoms with Gasteiger partial charge >= 0.3 is 12.3 Å². The zero-order valence-corrected chi connectivity index (χ0v) is 10.8. The molecule has 0 aliphatic carbocycles. The maximum atomic E-state index is 12.2. The number of aromatic nitrogens is 1. The lowest BCUT2D eigenvalue weighted by atomic mass is 10.1. The quantitative estimate of drug-likeness (QED) is 0.874. The molecule has 1 aromatic carbocycles. The highest BCUT2D eigenvalue weighted by molar-refractivity contribution is 5.89. The molecule has 0 aliphatic heterocycles. The lowest BCUT2D eigenvalue weighted by molar-refractivity contribution is -0.274. The maximum Gasteiger partial charge on any atom is 0.571 e. The van der Waals surface area contributed by atoms with E-state index >= 15 is 0 Å². The number of nitrogens with zero attached hydrogens (tertiary/aromatic N) is 2. The fraction of sp³-hybridized carbons (Fsp3) is 0.0714. The van der Waals surface area contributed by atoms with Gasteiger partial charge in [0.25, 0.3) is 0 Å². The Morgan fingerprint density at radius 1 is 1.27 bits per heavy atom. The van der Waals surface area contributed by atoms with E-state index in [0.29, 0.717) is 5.56 Å². The van der Waals surface area contributed by atoms with E-state index < -0.39 is 18.1 Å². The minimum absolute atomic E-state index is 0.0232. The van der Waals surface area contributed by atoms with Gasteiger partial charge in [0.2, 0.25) is 5.69 Å². The number of alkyl halides is 3. The summed E-state index contributed by atoms with van der Waals surface area (Å²) in [5.41, 5.74) is 0.161. The van der Waals surface area contributed by atoms with E-state index in [1.807, 2.05) is 0 Å². The Morgan fingerprint density at radius 2 is 2.00 bits per heavy atom. The van der Waals surface area contributed by atoms with Crippen molar-refractivity contribution in [2.75, 3.05) is 0 Å². The number of pyridine rings is 1. The second kappa shape index (κ2) is 5.73. The van der Waals surface area contributed by atoms with Crippen LogP contribution in [-0.4, -0.2) is 22.4 Å². The lowest BCUT2D eigenvalue weighted by Crippen LogP contribution is -2.17. The molecule has 0 saturated carbocycles. The predicted molar refractivity (Wildman–Crippen MR) is 69.6 cm³/mol. The van der Waals surface area contributed by atoms with Crippen LogP contribution < -0.4 is 4.74 Å². The maximum absolute atomic E-state index is 12.2. The van der Waals surface area contributed by atoms with E-state index in [9.17, 15) is 18.0 Å². The van der Waals surface area contributed by atoms with Crippen LogP contribution in [0.3, 0.4) is 0 Å². The molecular weight excluding hydrogens is 301 g/mol. The van der Waals surface area contributed by atoms with Crippen molar-refractivity contribution in [1.82, 2.24) is 4.98 Å². The minimum Gasteiger partial charge on any atom is -0.478 e. The number of carbonyl (C=O) groups is 1. The van der Waals surface area contributed by atoms with Crippen LogP contribution >= 0.6 is 0 Å². The summed E-state index contributed by atoms with van der Waals surface area (Å²) in [6.45, 7) is 6.93. The first-order chi connectivity index (χ1) is 10.3. The second-order valence-corrected chi connectivity index (χ2v) is 4.08. The van der Waals surface area contributed by atoms with E-state index in [1.165, 1.54) is 24.4 Å². The average molecular weight is 308 g/mol. The van der Waals surface area contributed by atoms with Crippen LogP contribution in [0.15, 0.2) is 36.5 Å². The molecule has 8 heteroatoms. The van der Waals surface area contributed by atoms with Crippen LogP contribution in [0.4, 0.5) is 18.9 Å². The topological polar surface area (TPSA) is 63.8 Å².